The Morgan fingerprint density at radius 3 is 2.15 bits per heavy atom. The van der Waals surface area contributed by atoms with Crippen molar-refractivity contribution in [3.05, 3.63) is 58.1 Å². The lowest BCUT2D eigenvalue weighted by atomic mass is 9.93. The SMILES string of the molecule is COc1cccc(OC)c1-c1ccc(C[C@H](NC(=O)C(=C(Cl)Cl)C2CCSCC2)C(=O)O)cc1. The fourth-order valence-corrected chi connectivity index (χ4v) is 5.61. The number of hydrogen-bond acceptors (Lipinski definition) is 5. The number of rotatable bonds is 9. The van der Waals surface area contributed by atoms with Crippen LogP contribution >= 0.6 is 35.0 Å². The van der Waals surface area contributed by atoms with Crippen molar-refractivity contribution in [2.24, 2.45) is 5.92 Å². The normalized spacial score (nSPS) is 14.7. The number of carboxylic acids is 1. The van der Waals surface area contributed by atoms with Crippen molar-refractivity contribution in [1.29, 1.82) is 0 Å². The van der Waals surface area contributed by atoms with Crippen LogP contribution in [0.15, 0.2) is 52.5 Å². The number of halogens is 2. The van der Waals surface area contributed by atoms with Crippen LogP contribution in [-0.2, 0) is 16.0 Å². The number of thioether (sulfide) groups is 1. The topological polar surface area (TPSA) is 84.9 Å². The van der Waals surface area contributed by atoms with Crippen molar-refractivity contribution < 1.29 is 24.2 Å². The molecule has 0 bridgehead atoms. The van der Waals surface area contributed by atoms with Gasteiger partial charge in [-0.3, -0.25) is 4.79 Å². The molecule has 34 heavy (non-hydrogen) atoms. The molecule has 0 aliphatic carbocycles. The molecule has 9 heteroatoms. The first kappa shape index (κ1) is 26.3. The number of amides is 1. The van der Waals surface area contributed by atoms with Crippen LogP contribution in [0.2, 0.25) is 0 Å². The van der Waals surface area contributed by atoms with Gasteiger partial charge in [-0.1, -0.05) is 53.5 Å². The fourth-order valence-electron chi connectivity index (χ4n) is 4.03. The zero-order valence-corrected chi connectivity index (χ0v) is 21.3. The van der Waals surface area contributed by atoms with Crippen LogP contribution in [0.25, 0.3) is 11.1 Å². The molecular weight excluding hydrogens is 497 g/mol. The molecule has 0 unspecified atom stereocenters. The summed E-state index contributed by atoms with van der Waals surface area (Å²) < 4.78 is 10.8. The first-order chi connectivity index (χ1) is 16.3. The van der Waals surface area contributed by atoms with Crippen molar-refractivity contribution in [2.75, 3.05) is 25.7 Å². The van der Waals surface area contributed by atoms with Crippen LogP contribution in [0, 0.1) is 5.92 Å². The monoisotopic (exact) mass is 523 g/mol. The van der Waals surface area contributed by atoms with Crippen molar-refractivity contribution >= 4 is 46.8 Å². The van der Waals surface area contributed by atoms with Gasteiger partial charge >= 0.3 is 5.97 Å². The molecule has 2 N–H and O–H groups in total. The van der Waals surface area contributed by atoms with Gasteiger partial charge in [0, 0.05) is 6.42 Å². The maximum atomic E-state index is 12.9. The molecule has 0 saturated carbocycles. The van der Waals surface area contributed by atoms with E-state index in [1.807, 2.05) is 54.2 Å². The van der Waals surface area contributed by atoms with Crippen LogP contribution in [0.4, 0.5) is 0 Å². The molecule has 0 radical (unpaired) electrons. The van der Waals surface area contributed by atoms with E-state index in [-0.39, 0.29) is 22.4 Å². The van der Waals surface area contributed by atoms with E-state index < -0.39 is 17.9 Å². The van der Waals surface area contributed by atoms with E-state index in [0.717, 1.165) is 41.0 Å². The lowest BCUT2D eigenvalue weighted by Gasteiger charge is -2.25. The van der Waals surface area contributed by atoms with Crippen LogP contribution < -0.4 is 14.8 Å². The summed E-state index contributed by atoms with van der Waals surface area (Å²) in [6.07, 6.45) is 1.67. The molecule has 1 amide bonds. The second-order valence-corrected chi connectivity index (χ2v) is 10.0. The summed E-state index contributed by atoms with van der Waals surface area (Å²) in [6, 6.07) is 11.8. The summed E-state index contributed by atoms with van der Waals surface area (Å²) >= 11 is 13.9. The quantitative estimate of drug-likeness (QED) is 0.433. The summed E-state index contributed by atoms with van der Waals surface area (Å²) in [6.45, 7) is 0. The van der Waals surface area contributed by atoms with Gasteiger partial charge in [-0.25, -0.2) is 4.79 Å². The lowest BCUT2D eigenvalue weighted by molar-refractivity contribution is -0.141. The highest BCUT2D eigenvalue weighted by Gasteiger charge is 2.29. The number of hydrogen-bond donors (Lipinski definition) is 2. The van der Waals surface area contributed by atoms with Gasteiger partial charge in [0.2, 0.25) is 0 Å². The molecule has 6 nitrogen and oxygen atoms in total. The number of ether oxygens (including phenoxy) is 2. The number of benzene rings is 2. The Morgan fingerprint density at radius 1 is 1.06 bits per heavy atom. The lowest BCUT2D eigenvalue weighted by Crippen LogP contribution is -2.44. The second kappa shape index (κ2) is 12.4. The molecule has 1 atom stereocenters. The molecule has 1 saturated heterocycles. The van der Waals surface area contributed by atoms with Crippen LogP contribution in [0.5, 0.6) is 11.5 Å². The molecule has 1 aliphatic rings. The standard InChI is InChI=1S/C25H27Cl2NO5S/c1-32-19-4-3-5-20(33-2)21(19)16-8-6-15(7-9-16)14-18(25(30)31)28-24(29)22(23(26)27)17-10-12-34-13-11-17/h3-9,17-18H,10-14H2,1-2H3,(H,28,29)(H,30,31)/t18-/m0/s1. The molecular formula is C25H27Cl2NO5S. The molecule has 0 aromatic heterocycles. The van der Waals surface area contributed by atoms with Gasteiger partial charge in [-0.05, 0) is 53.5 Å². The summed E-state index contributed by atoms with van der Waals surface area (Å²) in [5.74, 6) is 1.42. The molecule has 2 aromatic carbocycles. The second-order valence-electron chi connectivity index (χ2n) is 7.86. The first-order valence-electron chi connectivity index (χ1n) is 10.8. The zero-order valence-electron chi connectivity index (χ0n) is 19.0. The maximum absolute atomic E-state index is 12.9. The summed E-state index contributed by atoms with van der Waals surface area (Å²) in [5.41, 5.74) is 2.69. The van der Waals surface area contributed by atoms with Gasteiger partial charge in [0.1, 0.15) is 22.0 Å². The van der Waals surface area contributed by atoms with Crippen LogP contribution in [-0.4, -0.2) is 48.8 Å². The van der Waals surface area contributed by atoms with Crippen molar-refractivity contribution in [1.82, 2.24) is 5.32 Å². The number of carbonyl (C=O) groups excluding carboxylic acids is 1. The van der Waals surface area contributed by atoms with E-state index in [1.165, 1.54) is 0 Å². The van der Waals surface area contributed by atoms with Crippen LogP contribution in [0.1, 0.15) is 18.4 Å². The van der Waals surface area contributed by atoms with Crippen LogP contribution in [0.3, 0.4) is 0 Å². The third-order valence-corrected chi connectivity index (χ3v) is 7.25. The highest BCUT2D eigenvalue weighted by molar-refractivity contribution is 7.99. The van der Waals surface area contributed by atoms with Crippen molar-refractivity contribution in [3.63, 3.8) is 0 Å². The Hall–Kier alpha value is -2.35. The van der Waals surface area contributed by atoms with Gasteiger partial charge in [0.15, 0.2) is 0 Å². The minimum Gasteiger partial charge on any atom is -0.496 e. The largest absolute Gasteiger partial charge is 0.496 e. The molecule has 182 valence electrons. The van der Waals surface area contributed by atoms with Gasteiger partial charge in [0.05, 0.1) is 25.4 Å². The Labute approximate surface area is 213 Å². The van der Waals surface area contributed by atoms with E-state index in [4.69, 9.17) is 32.7 Å². The van der Waals surface area contributed by atoms with Crippen molar-refractivity contribution in [2.45, 2.75) is 25.3 Å². The molecule has 1 fully saturated rings. The Balaban J connectivity index is 1.77. The van der Waals surface area contributed by atoms with Crippen molar-refractivity contribution in [3.8, 4) is 22.6 Å². The number of carbonyl (C=O) groups is 2. The number of methoxy groups -OCH3 is 2. The fraction of sp³-hybridized carbons (Fsp3) is 0.360. The first-order valence-corrected chi connectivity index (χ1v) is 12.7. The molecule has 3 rings (SSSR count). The summed E-state index contributed by atoms with van der Waals surface area (Å²) in [5, 5.41) is 12.4. The van der Waals surface area contributed by atoms with E-state index in [2.05, 4.69) is 5.32 Å². The predicted molar refractivity (Wildman–Crippen MR) is 137 cm³/mol. The maximum Gasteiger partial charge on any atom is 0.326 e. The van der Waals surface area contributed by atoms with Gasteiger partial charge in [-0.2, -0.15) is 11.8 Å². The smallest absolute Gasteiger partial charge is 0.326 e. The molecule has 0 spiro atoms. The average molecular weight is 524 g/mol. The third kappa shape index (κ3) is 6.40. The molecule has 1 aliphatic heterocycles. The minimum absolute atomic E-state index is 0.0733. The molecule has 1 heterocycles. The Bertz CT molecular complexity index is 1030. The summed E-state index contributed by atoms with van der Waals surface area (Å²) in [4.78, 5) is 24.9. The molecule has 2 aromatic rings. The third-order valence-electron chi connectivity index (χ3n) is 5.79. The summed E-state index contributed by atoms with van der Waals surface area (Å²) in [7, 11) is 3.18. The zero-order chi connectivity index (χ0) is 24.7. The van der Waals surface area contributed by atoms with Gasteiger partial charge in [-0.15, -0.1) is 0 Å². The van der Waals surface area contributed by atoms with E-state index in [1.54, 1.807) is 14.2 Å². The minimum atomic E-state index is -1.13. The predicted octanol–water partition coefficient (Wildman–Crippen LogP) is 5.32. The van der Waals surface area contributed by atoms with E-state index >= 15 is 0 Å². The van der Waals surface area contributed by atoms with Gasteiger partial charge in [0.25, 0.3) is 5.91 Å². The Morgan fingerprint density at radius 2 is 1.65 bits per heavy atom. The highest BCUT2D eigenvalue weighted by atomic mass is 35.5. The highest BCUT2D eigenvalue weighted by Crippen LogP contribution is 2.38. The number of aliphatic carboxylic acids is 1. The van der Waals surface area contributed by atoms with E-state index in [0.29, 0.717) is 11.5 Å². The average Bonchev–Trinajstić information content (AvgIpc) is 2.84. The van der Waals surface area contributed by atoms with Gasteiger partial charge < -0.3 is 19.9 Å². The Kier molecular flexibility index (Phi) is 9.56. The number of carboxylic acid groups (broad SMARTS) is 1. The van der Waals surface area contributed by atoms with E-state index in [9.17, 15) is 14.7 Å². The number of nitrogens with one attached hydrogen (secondary N) is 1.